The van der Waals surface area contributed by atoms with Crippen LogP contribution in [0.5, 0.6) is 0 Å². The topological polar surface area (TPSA) is 29.5 Å². The molecule has 1 aliphatic rings. The highest BCUT2D eigenvalue weighted by Gasteiger charge is 2.47. The third kappa shape index (κ3) is 4.26. The number of hydrogen-bond acceptors (Lipinski definition) is 2. The van der Waals surface area contributed by atoms with Crippen LogP contribution in [0.4, 0.5) is 13.6 Å². The zero-order valence-corrected chi connectivity index (χ0v) is 11.6. The first-order valence-electron chi connectivity index (χ1n) is 5.29. The molecule has 0 aromatic carbocycles. The maximum atomic E-state index is 13.3. The van der Waals surface area contributed by atoms with Crippen LogP contribution in [-0.4, -0.2) is 35.1 Å². The Morgan fingerprint density at radius 3 is 2.59 bits per heavy atom. The zero-order chi connectivity index (χ0) is 13.3. The molecule has 1 amide bonds. The smallest absolute Gasteiger partial charge is 0.410 e. The summed E-state index contributed by atoms with van der Waals surface area (Å²) in [5.41, 5.74) is -0.683. The maximum absolute atomic E-state index is 13.3. The normalized spacial score (nSPS) is 24.4. The first kappa shape index (κ1) is 14.4. The average Bonchev–Trinajstić information content (AvgIpc) is 2.39. The maximum Gasteiger partial charge on any atom is 0.410 e. The van der Waals surface area contributed by atoms with Gasteiger partial charge in [-0.2, -0.15) is 0 Å². The molecule has 1 heterocycles. The molecule has 0 aromatic rings. The zero-order valence-electron chi connectivity index (χ0n) is 10.0. The summed E-state index contributed by atoms with van der Waals surface area (Å²) in [5, 5.41) is 0. The van der Waals surface area contributed by atoms with Gasteiger partial charge in [-0.3, -0.25) is 4.90 Å². The lowest BCUT2D eigenvalue weighted by molar-refractivity contribution is -0.00217. The second-order valence-corrected chi connectivity index (χ2v) is 5.58. The van der Waals surface area contributed by atoms with Crippen LogP contribution in [-0.2, 0) is 4.74 Å². The highest BCUT2D eigenvalue weighted by atomic mass is 79.9. The van der Waals surface area contributed by atoms with Gasteiger partial charge in [0.1, 0.15) is 5.60 Å². The van der Waals surface area contributed by atoms with Gasteiger partial charge in [-0.1, -0.05) is 22.0 Å². The highest BCUT2D eigenvalue weighted by Crippen LogP contribution is 2.33. The van der Waals surface area contributed by atoms with Gasteiger partial charge in [0.15, 0.2) is 0 Å². The first-order chi connectivity index (χ1) is 7.64. The molecule has 3 nitrogen and oxygen atoms in total. The molecular formula is C11H16BrF2NO2. The molecule has 1 aliphatic heterocycles. The Bertz CT molecular complexity index is 326. The van der Waals surface area contributed by atoms with E-state index >= 15 is 0 Å². The minimum absolute atomic E-state index is 0.367. The molecule has 1 unspecified atom stereocenters. The van der Waals surface area contributed by atoms with Crippen LogP contribution < -0.4 is 0 Å². The molecule has 1 saturated heterocycles. The summed E-state index contributed by atoms with van der Waals surface area (Å²) in [4.78, 5) is 14.3. The van der Waals surface area contributed by atoms with Gasteiger partial charge in [0.2, 0.25) is 0 Å². The molecule has 0 N–H and O–H groups in total. The molecule has 98 valence electrons. The van der Waals surface area contributed by atoms with E-state index in [4.69, 9.17) is 4.74 Å². The van der Waals surface area contributed by atoms with Crippen molar-refractivity contribution in [3.8, 4) is 0 Å². The largest absolute Gasteiger partial charge is 0.444 e. The predicted octanol–water partition coefficient (Wildman–Crippen LogP) is 3.54. The third-order valence-electron chi connectivity index (χ3n) is 2.23. The standard InChI is InChI=1S/C11H16BrF2NO2/c1-10(2,3)17-9(16)15-7-11(13,14)6-8(15)4-5-12/h4-5,8H,6-7H2,1-3H3/b5-4+. The summed E-state index contributed by atoms with van der Waals surface area (Å²) < 4.78 is 31.6. The molecule has 1 atom stereocenters. The average molecular weight is 312 g/mol. The van der Waals surface area contributed by atoms with E-state index in [1.807, 2.05) is 0 Å². The van der Waals surface area contributed by atoms with Crippen LogP contribution in [0.25, 0.3) is 0 Å². The van der Waals surface area contributed by atoms with Crippen molar-refractivity contribution in [3.05, 3.63) is 11.1 Å². The van der Waals surface area contributed by atoms with E-state index in [1.54, 1.807) is 20.8 Å². The molecular weight excluding hydrogens is 296 g/mol. The van der Waals surface area contributed by atoms with Crippen molar-refractivity contribution in [1.29, 1.82) is 0 Å². The lowest BCUT2D eigenvalue weighted by Crippen LogP contribution is -2.39. The van der Waals surface area contributed by atoms with Gasteiger partial charge in [0.25, 0.3) is 5.92 Å². The van der Waals surface area contributed by atoms with E-state index in [2.05, 4.69) is 15.9 Å². The minimum atomic E-state index is -2.85. The van der Waals surface area contributed by atoms with Crippen molar-refractivity contribution >= 4 is 22.0 Å². The molecule has 0 radical (unpaired) electrons. The van der Waals surface area contributed by atoms with Gasteiger partial charge in [0, 0.05) is 6.42 Å². The molecule has 1 rings (SSSR count). The Hall–Kier alpha value is -0.650. The van der Waals surface area contributed by atoms with Crippen LogP contribution in [0.2, 0.25) is 0 Å². The summed E-state index contributed by atoms with van der Waals surface area (Å²) in [7, 11) is 0. The van der Waals surface area contributed by atoms with Crippen molar-refractivity contribution in [2.24, 2.45) is 0 Å². The van der Waals surface area contributed by atoms with E-state index in [1.165, 1.54) is 11.1 Å². The molecule has 0 aliphatic carbocycles. The number of nitrogens with zero attached hydrogens (tertiary/aromatic N) is 1. The number of carbonyl (C=O) groups excluding carboxylic acids is 1. The number of halogens is 3. The summed E-state index contributed by atoms with van der Waals surface area (Å²) in [6, 6.07) is -0.626. The number of amides is 1. The number of alkyl halides is 2. The Balaban J connectivity index is 2.77. The molecule has 0 saturated carbocycles. The number of rotatable bonds is 1. The fourth-order valence-corrected chi connectivity index (χ4v) is 1.98. The van der Waals surface area contributed by atoms with Crippen molar-refractivity contribution in [3.63, 3.8) is 0 Å². The fraction of sp³-hybridized carbons (Fsp3) is 0.727. The van der Waals surface area contributed by atoms with E-state index < -0.39 is 30.2 Å². The Kier molecular flexibility index (Phi) is 4.17. The lowest BCUT2D eigenvalue weighted by Gasteiger charge is -2.26. The molecule has 1 fully saturated rings. The first-order valence-corrected chi connectivity index (χ1v) is 6.20. The number of likely N-dealkylation sites (tertiary alicyclic amines) is 1. The highest BCUT2D eigenvalue weighted by molar-refractivity contribution is 9.11. The quantitative estimate of drug-likeness (QED) is 0.741. The van der Waals surface area contributed by atoms with Crippen LogP contribution >= 0.6 is 15.9 Å². The van der Waals surface area contributed by atoms with Gasteiger partial charge in [-0.15, -0.1) is 0 Å². The number of hydrogen-bond donors (Lipinski definition) is 0. The summed E-state index contributed by atoms with van der Waals surface area (Å²) in [5.74, 6) is -2.85. The fourth-order valence-electron chi connectivity index (χ4n) is 1.62. The number of ether oxygens (including phenoxy) is 1. The Labute approximate surface area is 108 Å². The van der Waals surface area contributed by atoms with E-state index in [-0.39, 0.29) is 6.42 Å². The van der Waals surface area contributed by atoms with Crippen molar-refractivity contribution in [2.45, 2.75) is 44.8 Å². The van der Waals surface area contributed by atoms with Gasteiger partial charge < -0.3 is 4.74 Å². The van der Waals surface area contributed by atoms with E-state index in [0.29, 0.717) is 0 Å². The van der Waals surface area contributed by atoms with Gasteiger partial charge in [0.05, 0.1) is 12.6 Å². The van der Waals surface area contributed by atoms with Crippen LogP contribution in [0.15, 0.2) is 11.1 Å². The van der Waals surface area contributed by atoms with E-state index in [9.17, 15) is 13.6 Å². The number of carbonyl (C=O) groups is 1. The molecule has 0 spiro atoms. The van der Waals surface area contributed by atoms with Gasteiger partial charge in [-0.05, 0) is 25.8 Å². The second kappa shape index (κ2) is 4.92. The van der Waals surface area contributed by atoms with Crippen LogP contribution in [0.1, 0.15) is 27.2 Å². The molecule has 6 heteroatoms. The molecule has 17 heavy (non-hydrogen) atoms. The van der Waals surface area contributed by atoms with Gasteiger partial charge in [-0.25, -0.2) is 13.6 Å². The second-order valence-electron chi connectivity index (χ2n) is 5.05. The molecule has 0 bridgehead atoms. The predicted molar refractivity (Wildman–Crippen MR) is 64.4 cm³/mol. The van der Waals surface area contributed by atoms with Crippen molar-refractivity contribution in [2.75, 3.05) is 6.54 Å². The minimum Gasteiger partial charge on any atom is -0.444 e. The summed E-state index contributed by atoms with van der Waals surface area (Å²) in [6.45, 7) is 4.52. The van der Waals surface area contributed by atoms with Crippen molar-refractivity contribution < 1.29 is 18.3 Å². The van der Waals surface area contributed by atoms with Crippen molar-refractivity contribution in [1.82, 2.24) is 4.90 Å². The lowest BCUT2D eigenvalue weighted by atomic mass is 10.2. The monoisotopic (exact) mass is 311 g/mol. The summed E-state index contributed by atoms with van der Waals surface area (Å²) in [6.07, 6.45) is 0.449. The summed E-state index contributed by atoms with van der Waals surface area (Å²) >= 11 is 3.03. The molecule has 0 aromatic heterocycles. The van der Waals surface area contributed by atoms with Gasteiger partial charge >= 0.3 is 6.09 Å². The Morgan fingerprint density at radius 2 is 2.12 bits per heavy atom. The SMILES string of the molecule is CC(C)(C)OC(=O)N1CC(F)(F)CC1/C=C/Br. The third-order valence-corrected chi connectivity index (χ3v) is 2.54. The van der Waals surface area contributed by atoms with Crippen LogP contribution in [0.3, 0.4) is 0 Å². The Morgan fingerprint density at radius 1 is 1.53 bits per heavy atom. The van der Waals surface area contributed by atoms with Crippen LogP contribution in [0, 0.1) is 0 Å². The van der Waals surface area contributed by atoms with E-state index in [0.717, 1.165) is 4.90 Å².